The van der Waals surface area contributed by atoms with E-state index in [9.17, 15) is 4.79 Å². The van der Waals surface area contributed by atoms with Crippen LogP contribution in [0.15, 0.2) is 96.4 Å². The summed E-state index contributed by atoms with van der Waals surface area (Å²) in [5, 5.41) is 8.27. The van der Waals surface area contributed by atoms with Crippen LogP contribution in [-0.4, -0.2) is 10.9 Å². The van der Waals surface area contributed by atoms with Crippen LogP contribution in [0, 0.1) is 5.41 Å². The average Bonchev–Trinajstić information content (AvgIpc) is 3.37. The van der Waals surface area contributed by atoms with E-state index in [1.807, 2.05) is 17.5 Å². The number of amides is 1. The number of nitrogens with one attached hydrogen (secondary N) is 1. The van der Waals surface area contributed by atoms with Crippen molar-refractivity contribution < 1.29 is 4.79 Å². The van der Waals surface area contributed by atoms with Gasteiger partial charge in [-0.1, -0.05) is 84.9 Å². The van der Waals surface area contributed by atoms with Crippen LogP contribution in [0.25, 0.3) is 22.0 Å². The zero-order valence-electron chi connectivity index (χ0n) is 19.4. The largest absolute Gasteiger partial charge is 0.301 e. The summed E-state index contributed by atoms with van der Waals surface area (Å²) in [6, 6.07) is 32.0. The number of anilines is 1. The first kappa shape index (κ1) is 20.6. The molecule has 4 heteroatoms. The Morgan fingerprint density at radius 3 is 2.20 bits per heavy atom. The minimum absolute atomic E-state index is 0.0415. The van der Waals surface area contributed by atoms with E-state index in [0.717, 1.165) is 17.7 Å². The topological polar surface area (TPSA) is 42.0 Å². The molecule has 1 amide bonds. The van der Waals surface area contributed by atoms with Crippen molar-refractivity contribution in [1.29, 1.82) is 0 Å². The molecule has 0 unspecified atom stereocenters. The monoisotopic (exact) mass is 472 g/mol. The van der Waals surface area contributed by atoms with Crippen molar-refractivity contribution in [2.24, 2.45) is 5.41 Å². The van der Waals surface area contributed by atoms with Crippen molar-refractivity contribution in [3.63, 3.8) is 0 Å². The van der Waals surface area contributed by atoms with Gasteiger partial charge in [0, 0.05) is 22.8 Å². The van der Waals surface area contributed by atoms with Gasteiger partial charge in [0.15, 0.2) is 5.13 Å². The number of thiazole rings is 1. The normalized spacial score (nSPS) is 22.0. The van der Waals surface area contributed by atoms with E-state index < -0.39 is 5.41 Å². The Bertz CT molecular complexity index is 1570. The highest BCUT2D eigenvalue weighted by molar-refractivity contribution is 7.14. The molecule has 0 spiro atoms. The summed E-state index contributed by atoms with van der Waals surface area (Å²) in [6.07, 6.45) is 0.806. The fourth-order valence-corrected chi connectivity index (χ4v) is 6.96. The van der Waals surface area contributed by atoms with E-state index in [4.69, 9.17) is 4.98 Å². The van der Waals surface area contributed by atoms with Gasteiger partial charge in [-0.3, -0.25) is 4.79 Å². The van der Waals surface area contributed by atoms with Crippen LogP contribution in [-0.2, 0) is 4.79 Å². The maximum absolute atomic E-state index is 13.9. The van der Waals surface area contributed by atoms with Crippen LogP contribution < -0.4 is 5.32 Å². The second kappa shape index (κ2) is 7.62. The third-order valence-corrected chi connectivity index (χ3v) is 8.68. The fraction of sp³-hybridized carbons (Fsp3) is 0.161. The molecule has 8 rings (SSSR count). The van der Waals surface area contributed by atoms with Gasteiger partial charge in [-0.2, -0.15) is 0 Å². The number of carbonyl (C=O) groups is 1. The molecule has 1 aromatic heterocycles. The first-order chi connectivity index (χ1) is 17.1. The molecule has 35 heavy (non-hydrogen) atoms. The van der Waals surface area contributed by atoms with Crippen molar-refractivity contribution >= 4 is 33.1 Å². The molecule has 170 valence electrons. The van der Waals surface area contributed by atoms with Crippen LogP contribution in [0.5, 0.6) is 0 Å². The second-order valence-corrected chi connectivity index (χ2v) is 10.8. The van der Waals surface area contributed by atoms with Crippen LogP contribution >= 0.6 is 11.3 Å². The highest BCUT2D eigenvalue weighted by Gasteiger charge is 2.53. The average molecular weight is 473 g/mol. The second-order valence-electron chi connectivity index (χ2n) is 9.92. The Balaban J connectivity index is 1.22. The number of carbonyl (C=O) groups excluding carboxylic acids is 1. The lowest BCUT2D eigenvalue weighted by Crippen LogP contribution is -2.47. The van der Waals surface area contributed by atoms with Crippen molar-refractivity contribution in [2.45, 2.75) is 25.2 Å². The number of hydrogen-bond donors (Lipinski definition) is 1. The molecule has 3 aliphatic rings. The Morgan fingerprint density at radius 1 is 0.857 bits per heavy atom. The lowest BCUT2D eigenvalue weighted by molar-refractivity contribution is -0.126. The number of fused-ring (bicyclic) bond motifs is 2. The lowest BCUT2D eigenvalue weighted by atomic mass is 9.52. The maximum atomic E-state index is 13.9. The molecular formula is C31H24N2OS. The van der Waals surface area contributed by atoms with Gasteiger partial charge >= 0.3 is 0 Å². The van der Waals surface area contributed by atoms with Crippen molar-refractivity contribution in [3.05, 3.63) is 119 Å². The number of rotatable bonds is 3. The maximum Gasteiger partial charge on any atom is 0.233 e. The van der Waals surface area contributed by atoms with E-state index in [1.165, 1.54) is 44.4 Å². The molecule has 2 bridgehead atoms. The number of benzene rings is 4. The lowest BCUT2D eigenvalue weighted by Gasteiger charge is -2.50. The molecule has 0 radical (unpaired) electrons. The molecule has 3 aliphatic carbocycles. The van der Waals surface area contributed by atoms with Gasteiger partial charge in [-0.05, 0) is 52.4 Å². The van der Waals surface area contributed by atoms with Gasteiger partial charge in [0.2, 0.25) is 5.91 Å². The van der Waals surface area contributed by atoms with Gasteiger partial charge < -0.3 is 5.32 Å². The summed E-state index contributed by atoms with van der Waals surface area (Å²) in [5.74, 6) is 0.336. The minimum atomic E-state index is -0.540. The van der Waals surface area contributed by atoms with E-state index in [0.29, 0.717) is 5.13 Å². The molecule has 1 N–H and O–H groups in total. The molecule has 0 saturated heterocycles. The van der Waals surface area contributed by atoms with Crippen molar-refractivity contribution in [2.75, 3.05) is 5.32 Å². The fourth-order valence-electron chi connectivity index (χ4n) is 6.24. The van der Waals surface area contributed by atoms with Crippen LogP contribution in [0.3, 0.4) is 0 Å². The van der Waals surface area contributed by atoms with Gasteiger partial charge in [-0.25, -0.2) is 4.98 Å². The first-order valence-electron chi connectivity index (χ1n) is 12.1. The summed E-state index contributed by atoms with van der Waals surface area (Å²) >= 11 is 1.49. The van der Waals surface area contributed by atoms with Gasteiger partial charge in [-0.15, -0.1) is 11.3 Å². The zero-order chi connectivity index (χ0) is 23.6. The predicted octanol–water partition coefficient (Wildman–Crippen LogP) is 7.59. The summed E-state index contributed by atoms with van der Waals surface area (Å²) in [6.45, 7) is 2.13. The minimum Gasteiger partial charge on any atom is -0.301 e. The SMILES string of the molecule is C[C@@]1(C(=O)Nc2nc(-c3ccc4ccccc4c3)cs2)CC2c3ccccc3C1c1ccccc12. The Labute approximate surface area is 208 Å². The number of nitrogens with zero attached hydrogens (tertiary/aromatic N) is 1. The highest BCUT2D eigenvalue weighted by Crippen LogP contribution is 2.61. The quantitative estimate of drug-likeness (QED) is 0.294. The Kier molecular flexibility index (Phi) is 4.49. The van der Waals surface area contributed by atoms with Crippen molar-refractivity contribution in [3.8, 4) is 11.3 Å². The third-order valence-electron chi connectivity index (χ3n) is 7.92. The van der Waals surface area contributed by atoms with E-state index in [1.54, 1.807) is 0 Å². The molecule has 4 aromatic carbocycles. The molecule has 1 atom stereocenters. The highest BCUT2D eigenvalue weighted by atomic mass is 32.1. The summed E-state index contributed by atoms with van der Waals surface area (Å²) in [7, 11) is 0. The first-order valence-corrected chi connectivity index (χ1v) is 12.9. The Hall–Kier alpha value is -3.76. The molecule has 5 aromatic rings. The molecule has 0 aliphatic heterocycles. The van der Waals surface area contributed by atoms with E-state index in [-0.39, 0.29) is 17.7 Å². The Morgan fingerprint density at radius 2 is 1.49 bits per heavy atom. The molecular weight excluding hydrogens is 448 g/mol. The molecule has 1 heterocycles. The van der Waals surface area contributed by atoms with Crippen molar-refractivity contribution in [1.82, 2.24) is 4.98 Å². The van der Waals surface area contributed by atoms with Crippen LogP contribution in [0.4, 0.5) is 5.13 Å². The predicted molar refractivity (Wildman–Crippen MR) is 143 cm³/mol. The van der Waals surface area contributed by atoms with E-state index >= 15 is 0 Å². The van der Waals surface area contributed by atoms with Gasteiger partial charge in [0.05, 0.1) is 11.1 Å². The van der Waals surface area contributed by atoms with Crippen LogP contribution in [0.1, 0.15) is 47.4 Å². The smallest absolute Gasteiger partial charge is 0.233 e. The summed E-state index contributed by atoms with van der Waals surface area (Å²) in [4.78, 5) is 18.7. The zero-order valence-corrected chi connectivity index (χ0v) is 20.2. The molecule has 0 saturated carbocycles. The van der Waals surface area contributed by atoms with Crippen LogP contribution in [0.2, 0.25) is 0 Å². The summed E-state index contributed by atoms with van der Waals surface area (Å²) < 4.78 is 0. The third kappa shape index (κ3) is 3.10. The number of aromatic nitrogens is 1. The van der Waals surface area contributed by atoms with Gasteiger partial charge in [0.25, 0.3) is 0 Å². The standard InChI is InChI=1S/C31H24N2OS/c1-31(17-26-22-10-4-6-12-24(22)28(31)25-13-7-5-11-23(25)26)29(34)33-30-32-27(18-35-30)21-15-14-19-8-2-3-9-20(19)16-21/h2-16,18,26,28H,17H2,1H3,(H,32,33,34)/t26?,28?,31-/m1/s1. The molecule has 0 fully saturated rings. The van der Waals surface area contributed by atoms with E-state index in [2.05, 4.69) is 91.1 Å². The number of hydrogen-bond acceptors (Lipinski definition) is 3. The summed E-state index contributed by atoms with van der Waals surface area (Å²) in [5.41, 5.74) is 6.73. The van der Waals surface area contributed by atoms with Gasteiger partial charge in [0.1, 0.15) is 0 Å². The molecule has 3 nitrogen and oxygen atoms in total.